The zero-order valence-corrected chi connectivity index (χ0v) is 14.2. The van der Waals surface area contributed by atoms with Crippen LogP contribution in [0.3, 0.4) is 0 Å². The number of hydrogen-bond acceptors (Lipinski definition) is 2. The van der Waals surface area contributed by atoms with Crippen molar-refractivity contribution in [2.75, 3.05) is 6.61 Å². The Balaban J connectivity index is 2.00. The van der Waals surface area contributed by atoms with Crippen molar-refractivity contribution in [3.63, 3.8) is 0 Å². The van der Waals surface area contributed by atoms with E-state index in [1.165, 1.54) is 0 Å². The summed E-state index contributed by atoms with van der Waals surface area (Å²) in [5.74, 6) is -0.145. The van der Waals surface area contributed by atoms with E-state index in [9.17, 15) is 5.11 Å². The molecule has 4 rings (SSSR count). The number of aromatic amines is 1. The summed E-state index contributed by atoms with van der Waals surface area (Å²) in [5.41, 5.74) is 4.81. The fourth-order valence-corrected chi connectivity index (χ4v) is 3.49. The lowest BCUT2D eigenvalue weighted by molar-refractivity contribution is 0.281. The molecule has 124 valence electrons. The van der Waals surface area contributed by atoms with Crippen molar-refractivity contribution in [3.8, 4) is 11.4 Å². The molecule has 0 fully saturated rings. The third-order valence-corrected chi connectivity index (χ3v) is 4.69. The Labute approximate surface area is 150 Å². The van der Waals surface area contributed by atoms with Crippen LogP contribution in [0.15, 0.2) is 72.9 Å². The number of nitrogens with zero attached hydrogens (tertiary/aromatic N) is 1. The van der Waals surface area contributed by atoms with E-state index in [1.54, 1.807) is 6.20 Å². The van der Waals surface area contributed by atoms with Gasteiger partial charge in [0.2, 0.25) is 0 Å². The Bertz CT molecular complexity index is 997. The molecule has 0 bridgehead atoms. The molecule has 4 heteroatoms. The van der Waals surface area contributed by atoms with Gasteiger partial charge in [0.25, 0.3) is 0 Å². The number of rotatable bonds is 4. The van der Waals surface area contributed by atoms with Gasteiger partial charge in [-0.25, -0.2) is 0 Å². The van der Waals surface area contributed by atoms with E-state index in [-0.39, 0.29) is 12.5 Å². The molecule has 0 amide bonds. The van der Waals surface area contributed by atoms with Gasteiger partial charge in [0.05, 0.1) is 18.0 Å². The molecule has 2 heterocycles. The molecule has 2 aromatic carbocycles. The molecule has 0 aliphatic heterocycles. The highest BCUT2D eigenvalue weighted by Crippen LogP contribution is 2.38. The van der Waals surface area contributed by atoms with Crippen LogP contribution in [0, 0.1) is 0 Å². The van der Waals surface area contributed by atoms with E-state index >= 15 is 0 Å². The van der Waals surface area contributed by atoms with Crippen molar-refractivity contribution < 1.29 is 5.11 Å². The average molecular weight is 349 g/mol. The number of aliphatic hydroxyl groups is 1. The second-order valence-electron chi connectivity index (χ2n) is 5.96. The number of nitrogens with one attached hydrogen (secondary N) is 1. The molecular weight excluding hydrogens is 332 g/mol. The maximum atomic E-state index is 10.2. The van der Waals surface area contributed by atoms with Gasteiger partial charge < -0.3 is 10.1 Å². The van der Waals surface area contributed by atoms with E-state index in [0.717, 1.165) is 33.4 Å². The quantitative estimate of drug-likeness (QED) is 0.544. The van der Waals surface area contributed by atoms with Crippen molar-refractivity contribution in [3.05, 3.63) is 89.1 Å². The molecule has 0 spiro atoms. The Morgan fingerprint density at radius 2 is 1.80 bits per heavy atom. The predicted octanol–water partition coefficient (Wildman–Crippen LogP) is 5.01. The second-order valence-corrected chi connectivity index (χ2v) is 6.40. The number of aliphatic hydroxyl groups excluding tert-OH is 1. The number of hydrogen-bond donors (Lipinski definition) is 2. The number of benzene rings is 2. The monoisotopic (exact) mass is 348 g/mol. The van der Waals surface area contributed by atoms with Gasteiger partial charge in [-0.05, 0) is 35.4 Å². The molecule has 0 aliphatic carbocycles. The molecule has 2 aromatic heterocycles. The van der Waals surface area contributed by atoms with Crippen LogP contribution >= 0.6 is 11.6 Å². The molecule has 3 nitrogen and oxygen atoms in total. The van der Waals surface area contributed by atoms with Gasteiger partial charge in [0, 0.05) is 28.0 Å². The van der Waals surface area contributed by atoms with Crippen molar-refractivity contribution >= 4 is 22.5 Å². The first-order chi connectivity index (χ1) is 12.3. The summed E-state index contributed by atoms with van der Waals surface area (Å²) in [6.07, 6.45) is 1.77. The summed E-state index contributed by atoms with van der Waals surface area (Å²) >= 11 is 6.17. The molecule has 25 heavy (non-hydrogen) atoms. The van der Waals surface area contributed by atoms with Gasteiger partial charge in [0.1, 0.15) is 0 Å². The summed E-state index contributed by atoms with van der Waals surface area (Å²) < 4.78 is 0. The summed E-state index contributed by atoms with van der Waals surface area (Å²) in [6.45, 7) is 0.0133. The lowest BCUT2D eigenvalue weighted by Crippen LogP contribution is -2.07. The SMILES string of the molecule is OCC(c1ccccc1)c1c(-c2ccccn2)[nH]c2cc(Cl)ccc12. The smallest absolute Gasteiger partial charge is 0.0867 e. The number of H-pyrrole nitrogens is 1. The van der Waals surface area contributed by atoms with Gasteiger partial charge in [-0.15, -0.1) is 0 Å². The third kappa shape index (κ3) is 2.93. The fourth-order valence-electron chi connectivity index (χ4n) is 3.31. The second kappa shape index (κ2) is 6.71. The van der Waals surface area contributed by atoms with Gasteiger partial charge in [-0.2, -0.15) is 0 Å². The van der Waals surface area contributed by atoms with Crippen LogP contribution < -0.4 is 0 Å². The van der Waals surface area contributed by atoms with Crippen LogP contribution in [0.1, 0.15) is 17.0 Å². The molecule has 1 atom stereocenters. The molecule has 4 aromatic rings. The van der Waals surface area contributed by atoms with Gasteiger partial charge in [-0.3, -0.25) is 4.98 Å². The summed E-state index contributed by atoms with van der Waals surface area (Å²) in [5, 5.41) is 11.9. The summed E-state index contributed by atoms with van der Waals surface area (Å²) in [6, 6.07) is 21.6. The predicted molar refractivity (Wildman–Crippen MR) is 102 cm³/mol. The highest BCUT2D eigenvalue weighted by Gasteiger charge is 2.23. The minimum absolute atomic E-state index is 0.0133. The standard InChI is InChI=1S/C21H17ClN2O/c22-15-9-10-16-19(12-15)24-21(18-8-4-5-11-23-18)20(16)17(13-25)14-6-2-1-3-7-14/h1-12,17,24-25H,13H2. The first-order valence-electron chi connectivity index (χ1n) is 8.16. The van der Waals surface area contributed by atoms with E-state index in [2.05, 4.69) is 9.97 Å². The molecule has 1 unspecified atom stereocenters. The van der Waals surface area contributed by atoms with Gasteiger partial charge in [-0.1, -0.05) is 54.1 Å². The van der Waals surface area contributed by atoms with E-state index in [4.69, 9.17) is 11.6 Å². The van der Waals surface area contributed by atoms with Crippen molar-refractivity contribution in [1.29, 1.82) is 0 Å². The van der Waals surface area contributed by atoms with Crippen LogP contribution in [0.2, 0.25) is 5.02 Å². The molecule has 0 saturated carbocycles. The van der Waals surface area contributed by atoms with Gasteiger partial charge >= 0.3 is 0 Å². The Morgan fingerprint density at radius 1 is 1.00 bits per heavy atom. The first-order valence-corrected chi connectivity index (χ1v) is 8.54. The van der Waals surface area contributed by atoms with Crippen LogP contribution in [0.25, 0.3) is 22.3 Å². The molecule has 0 saturated heterocycles. The lowest BCUT2D eigenvalue weighted by Gasteiger charge is -2.16. The highest BCUT2D eigenvalue weighted by molar-refractivity contribution is 6.31. The Hall–Kier alpha value is -2.62. The maximum Gasteiger partial charge on any atom is 0.0867 e. The van der Waals surface area contributed by atoms with Crippen LogP contribution in [-0.2, 0) is 0 Å². The van der Waals surface area contributed by atoms with Crippen LogP contribution in [-0.4, -0.2) is 21.7 Å². The molecule has 0 radical (unpaired) electrons. The maximum absolute atomic E-state index is 10.2. The van der Waals surface area contributed by atoms with E-state index in [0.29, 0.717) is 5.02 Å². The minimum atomic E-state index is -0.145. The van der Waals surface area contributed by atoms with Crippen LogP contribution in [0.4, 0.5) is 0 Å². The highest BCUT2D eigenvalue weighted by atomic mass is 35.5. The topological polar surface area (TPSA) is 48.9 Å². The summed E-state index contributed by atoms with van der Waals surface area (Å²) in [7, 11) is 0. The third-order valence-electron chi connectivity index (χ3n) is 4.45. The van der Waals surface area contributed by atoms with E-state index < -0.39 is 0 Å². The minimum Gasteiger partial charge on any atom is -0.395 e. The lowest BCUT2D eigenvalue weighted by atomic mass is 9.89. The van der Waals surface area contributed by atoms with Crippen molar-refractivity contribution in [2.45, 2.75) is 5.92 Å². The number of aromatic nitrogens is 2. The Kier molecular flexibility index (Phi) is 4.26. The number of halogens is 1. The van der Waals surface area contributed by atoms with E-state index in [1.807, 2.05) is 66.7 Å². The average Bonchev–Trinajstić information content (AvgIpc) is 3.02. The molecule has 0 aliphatic rings. The van der Waals surface area contributed by atoms with Crippen LogP contribution in [0.5, 0.6) is 0 Å². The van der Waals surface area contributed by atoms with Crippen molar-refractivity contribution in [2.24, 2.45) is 0 Å². The zero-order valence-electron chi connectivity index (χ0n) is 13.5. The van der Waals surface area contributed by atoms with Crippen molar-refractivity contribution in [1.82, 2.24) is 9.97 Å². The fraction of sp³-hybridized carbons (Fsp3) is 0.0952. The first kappa shape index (κ1) is 15.9. The Morgan fingerprint density at radius 3 is 2.52 bits per heavy atom. The molecule has 2 N–H and O–H groups in total. The zero-order chi connectivity index (χ0) is 17.2. The largest absolute Gasteiger partial charge is 0.395 e. The normalized spacial score (nSPS) is 12.4. The summed E-state index contributed by atoms with van der Waals surface area (Å²) in [4.78, 5) is 7.94. The number of fused-ring (bicyclic) bond motifs is 1. The van der Waals surface area contributed by atoms with Gasteiger partial charge in [0.15, 0.2) is 0 Å². The number of pyridine rings is 1. The molecular formula is C21H17ClN2O.